The number of nitrogens with one attached hydrogen (secondary N) is 1. The van der Waals surface area contributed by atoms with E-state index in [9.17, 15) is 9.59 Å². The van der Waals surface area contributed by atoms with Gasteiger partial charge in [-0.3, -0.25) is 4.57 Å². The summed E-state index contributed by atoms with van der Waals surface area (Å²) in [5, 5.41) is 8.96. The molecule has 1 aromatic carbocycles. The van der Waals surface area contributed by atoms with Crippen LogP contribution in [0.5, 0.6) is 6.01 Å². The Morgan fingerprint density at radius 3 is 2.69 bits per heavy atom. The number of benzene rings is 1. The molecule has 0 aliphatic heterocycles. The maximum absolute atomic E-state index is 12.3. The molecule has 0 bridgehead atoms. The minimum absolute atomic E-state index is 0.123. The first-order chi connectivity index (χ1) is 12.5. The van der Waals surface area contributed by atoms with Crippen LogP contribution in [0.25, 0.3) is 11.2 Å². The van der Waals surface area contributed by atoms with E-state index in [0.29, 0.717) is 17.8 Å². The number of rotatable bonds is 7. The molecule has 0 radical (unpaired) electrons. The van der Waals surface area contributed by atoms with Crippen LogP contribution < -0.4 is 16.2 Å². The van der Waals surface area contributed by atoms with Gasteiger partial charge < -0.3 is 20.6 Å². The minimum atomic E-state index is -1.00. The van der Waals surface area contributed by atoms with Gasteiger partial charge in [0.1, 0.15) is 5.52 Å². The van der Waals surface area contributed by atoms with Crippen LogP contribution in [-0.4, -0.2) is 37.2 Å². The molecule has 26 heavy (non-hydrogen) atoms. The summed E-state index contributed by atoms with van der Waals surface area (Å²) in [6.45, 7) is 2.72. The number of anilines is 1. The Morgan fingerprint density at radius 1 is 1.31 bits per heavy atom. The molecule has 0 fully saturated rings. The zero-order valence-corrected chi connectivity index (χ0v) is 14.2. The highest BCUT2D eigenvalue weighted by Gasteiger charge is 2.15. The van der Waals surface area contributed by atoms with E-state index in [1.54, 1.807) is 12.1 Å². The number of nitrogens with zero attached hydrogens (tertiary/aromatic N) is 3. The molecule has 2 aromatic heterocycles. The van der Waals surface area contributed by atoms with E-state index in [1.807, 2.05) is 6.92 Å². The maximum Gasteiger partial charge on any atom is 0.335 e. The van der Waals surface area contributed by atoms with Crippen LogP contribution in [0.15, 0.2) is 29.1 Å². The van der Waals surface area contributed by atoms with Crippen molar-refractivity contribution in [1.82, 2.24) is 19.5 Å². The topological polar surface area (TPSA) is 136 Å². The molecule has 0 aliphatic rings. The summed E-state index contributed by atoms with van der Waals surface area (Å²) in [7, 11) is 0. The Kier molecular flexibility index (Phi) is 4.87. The molecule has 2 heterocycles. The number of nitrogen functional groups attached to an aromatic ring is 1. The molecule has 0 aliphatic carbocycles. The first kappa shape index (κ1) is 17.5. The Morgan fingerprint density at radius 2 is 2.04 bits per heavy atom. The van der Waals surface area contributed by atoms with Gasteiger partial charge in [-0.1, -0.05) is 25.5 Å². The van der Waals surface area contributed by atoms with E-state index >= 15 is 0 Å². The Hall–Kier alpha value is -3.36. The molecule has 0 saturated heterocycles. The van der Waals surface area contributed by atoms with Crippen molar-refractivity contribution in [3.8, 4) is 6.01 Å². The third-order valence-corrected chi connectivity index (χ3v) is 3.90. The number of aromatic amines is 1. The van der Waals surface area contributed by atoms with Crippen molar-refractivity contribution in [2.75, 3.05) is 12.3 Å². The Balaban J connectivity index is 1.95. The normalized spacial score (nSPS) is 11.0. The summed E-state index contributed by atoms with van der Waals surface area (Å²) in [5.41, 5.74) is 7.15. The number of aromatic carboxylic acids is 1. The molecule has 3 rings (SSSR count). The lowest BCUT2D eigenvalue weighted by molar-refractivity contribution is 0.0697. The second-order valence-corrected chi connectivity index (χ2v) is 5.81. The minimum Gasteiger partial charge on any atom is -0.478 e. The quantitative estimate of drug-likeness (QED) is 0.547. The van der Waals surface area contributed by atoms with Crippen LogP contribution in [0.2, 0.25) is 0 Å². The first-order valence-electron chi connectivity index (χ1n) is 8.20. The van der Waals surface area contributed by atoms with Crippen molar-refractivity contribution < 1.29 is 14.6 Å². The van der Waals surface area contributed by atoms with Gasteiger partial charge in [-0.25, -0.2) is 9.59 Å². The fourth-order valence-electron chi connectivity index (χ4n) is 2.49. The lowest BCUT2D eigenvalue weighted by atomic mass is 10.1. The van der Waals surface area contributed by atoms with E-state index in [-0.39, 0.29) is 29.6 Å². The SMILES string of the molecule is CCCCOc1nc(N)c2[nH]c(=O)n(Cc3ccc(C(=O)O)cc3)c2n1. The van der Waals surface area contributed by atoms with Gasteiger partial charge >= 0.3 is 17.7 Å². The summed E-state index contributed by atoms with van der Waals surface area (Å²) in [6.07, 6.45) is 1.83. The molecule has 3 aromatic rings. The first-order valence-corrected chi connectivity index (χ1v) is 8.20. The van der Waals surface area contributed by atoms with Gasteiger partial charge in [0, 0.05) is 0 Å². The molecular weight excluding hydrogens is 338 g/mol. The monoisotopic (exact) mass is 357 g/mol. The van der Waals surface area contributed by atoms with Crippen molar-refractivity contribution in [3.63, 3.8) is 0 Å². The molecule has 136 valence electrons. The highest BCUT2D eigenvalue weighted by molar-refractivity contribution is 5.87. The standard InChI is InChI=1S/C17H19N5O4/c1-2-3-8-26-16-20-13(18)12-14(21-16)22(17(25)19-12)9-10-4-6-11(7-5-10)15(23)24/h4-7H,2-3,8-9H2,1H3,(H,19,25)(H,23,24)(H2,18,20,21). The number of fused-ring (bicyclic) bond motifs is 1. The summed E-state index contributed by atoms with van der Waals surface area (Å²) in [4.78, 5) is 34.2. The number of carbonyl (C=O) groups is 1. The zero-order valence-electron chi connectivity index (χ0n) is 14.2. The third kappa shape index (κ3) is 3.51. The van der Waals surface area contributed by atoms with E-state index in [0.717, 1.165) is 18.4 Å². The number of hydrogen-bond donors (Lipinski definition) is 3. The van der Waals surface area contributed by atoms with Gasteiger partial charge in [0.15, 0.2) is 11.5 Å². The van der Waals surface area contributed by atoms with Crippen molar-refractivity contribution in [2.24, 2.45) is 0 Å². The maximum atomic E-state index is 12.3. The van der Waals surface area contributed by atoms with Gasteiger partial charge in [0.25, 0.3) is 0 Å². The lowest BCUT2D eigenvalue weighted by Crippen LogP contribution is -2.18. The number of aromatic nitrogens is 4. The van der Waals surface area contributed by atoms with Crippen molar-refractivity contribution in [2.45, 2.75) is 26.3 Å². The lowest BCUT2D eigenvalue weighted by Gasteiger charge is -2.07. The zero-order chi connectivity index (χ0) is 18.7. The van der Waals surface area contributed by atoms with E-state index in [1.165, 1.54) is 16.7 Å². The van der Waals surface area contributed by atoms with Crippen molar-refractivity contribution in [1.29, 1.82) is 0 Å². The van der Waals surface area contributed by atoms with Crippen LogP contribution in [-0.2, 0) is 6.54 Å². The predicted molar refractivity (Wildman–Crippen MR) is 95.5 cm³/mol. The number of hydrogen-bond acceptors (Lipinski definition) is 6. The van der Waals surface area contributed by atoms with Gasteiger partial charge in [-0.05, 0) is 24.1 Å². The van der Waals surface area contributed by atoms with Crippen LogP contribution >= 0.6 is 0 Å². The molecule has 0 atom stereocenters. The number of ether oxygens (including phenoxy) is 1. The predicted octanol–water partition coefficient (Wildman–Crippen LogP) is 1.63. The molecule has 4 N–H and O–H groups in total. The third-order valence-electron chi connectivity index (χ3n) is 3.90. The average molecular weight is 357 g/mol. The van der Waals surface area contributed by atoms with Crippen LogP contribution in [0.3, 0.4) is 0 Å². The van der Waals surface area contributed by atoms with Gasteiger partial charge in [0.05, 0.1) is 18.7 Å². The number of H-pyrrole nitrogens is 1. The van der Waals surface area contributed by atoms with E-state index < -0.39 is 5.97 Å². The fourth-order valence-corrected chi connectivity index (χ4v) is 2.49. The van der Waals surface area contributed by atoms with E-state index in [2.05, 4.69) is 15.0 Å². The number of nitrogens with two attached hydrogens (primary N) is 1. The summed E-state index contributed by atoms with van der Waals surface area (Å²) in [5.74, 6) is -0.867. The Labute approximate surface area is 148 Å². The van der Waals surface area contributed by atoms with E-state index in [4.69, 9.17) is 15.6 Å². The molecule has 9 heteroatoms. The van der Waals surface area contributed by atoms with Crippen molar-refractivity contribution in [3.05, 3.63) is 45.9 Å². The van der Waals surface area contributed by atoms with Crippen LogP contribution in [0, 0.1) is 0 Å². The Bertz CT molecular complexity index is 991. The highest BCUT2D eigenvalue weighted by Crippen LogP contribution is 2.18. The van der Waals surface area contributed by atoms with Crippen LogP contribution in [0.4, 0.5) is 5.82 Å². The van der Waals surface area contributed by atoms with Crippen molar-refractivity contribution >= 4 is 23.0 Å². The number of carboxylic acid groups (broad SMARTS) is 1. The van der Waals surface area contributed by atoms with Gasteiger partial charge in [0.2, 0.25) is 0 Å². The van der Waals surface area contributed by atoms with Gasteiger partial charge in [-0.2, -0.15) is 9.97 Å². The molecule has 0 saturated carbocycles. The summed E-state index contributed by atoms with van der Waals surface area (Å²) in [6, 6.07) is 6.40. The molecule has 9 nitrogen and oxygen atoms in total. The number of unbranched alkanes of at least 4 members (excludes halogenated alkanes) is 1. The second kappa shape index (κ2) is 7.26. The molecule has 0 amide bonds. The molecular formula is C17H19N5O4. The van der Waals surface area contributed by atoms with Crippen LogP contribution in [0.1, 0.15) is 35.7 Å². The number of imidazole rings is 1. The second-order valence-electron chi connectivity index (χ2n) is 5.81. The summed E-state index contributed by atoms with van der Waals surface area (Å²) < 4.78 is 6.91. The molecule has 0 spiro atoms. The fraction of sp³-hybridized carbons (Fsp3) is 0.294. The summed E-state index contributed by atoms with van der Waals surface area (Å²) >= 11 is 0. The highest BCUT2D eigenvalue weighted by atomic mass is 16.5. The number of carboxylic acids is 1. The average Bonchev–Trinajstić information content (AvgIpc) is 2.92. The van der Waals surface area contributed by atoms with Gasteiger partial charge in [-0.15, -0.1) is 0 Å². The smallest absolute Gasteiger partial charge is 0.335 e. The largest absolute Gasteiger partial charge is 0.478 e. The molecule has 0 unspecified atom stereocenters.